The zero-order chi connectivity index (χ0) is 12.6. The summed E-state index contributed by atoms with van der Waals surface area (Å²) in [6.45, 7) is 8.95. The Bertz CT molecular complexity index is 530. The van der Waals surface area contributed by atoms with Gasteiger partial charge in [0.15, 0.2) is 0 Å². The highest BCUT2D eigenvalue weighted by atomic mass is 15.3. The summed E-state index contributed by atoms with van der Waals surface area (Å²) in [6.07, 6.45) is 1.85. The normalized spacial score (nSPS) is 11.8. The fourth-order valence-corrected chi connectivity index (χ4v) is 2.36. The van der Waals surface area contributed by atoms with E-state index in [0.29, 0.717) is 0 Å². The minimum absolute atomic E-state index is 0.179. The Kier molecular flexibility index (Phi) is 2.82. The lowest BCUT2D eigenvalue weighted by atomic mass is 9.82. The smallest absolute Gasteiger partial charge is 0.0681 e. The van der Waals surface area contributed by atoms with Gasteiger partial charge in [0, 0.05) is 18.8 Å². The molecule has 0 amide bonds. The molecule has 2 rings (SSSR count). The van der Waals surface area contributed by atoms with Gasteiger partial charge in [-0.15, -0.1) is 0 Å². The highest BCUT2D eigenvalue weighted by Gasteiger charge is 2.18. The van der Waals surface area contributed by atoms with Gasteiger partial charge in [-0.3, -0.25) is 4.68 Å². The molecule has 1 aromatic heterocycles. The van der Waals surface area contributed by atoms with Crippen LogP contribution in [0.5, 0.6) is 0 Å². The zero-order valence-electron chi connectivity index (χ0n) is 11.3. The van der Waals surface area contributed by atoms with Gasteiger partial charge in [0.1, 0.15) is 0 Å². The molecule has 2 nitrogen and oxygen atoms in total. The molecule has 0 saturated carbocycles. The molecule has 2 aromatic rings. The second-order valence-electron chi connectivity index (χ2n) is 5.57. The highest BCUT2D eigenvalue weighted by Crippen LogP contribution is 2.31. The fourth-order valence-electron chi connectivity index (χ4n) is 2.36. The molecule has 0 spiro atoms. The van der Waals surface area contributed by atoms with Gasteiger partial charge in [0.25, 0.3) is 0 Å². The van der Waals surface area contributed by atoms with Crippen LogP contribution in [0.4, 0.5) is 0 Å². The van der Waals surface area contributed by atoms with Gasteiger partial charge in [-0.1, -0.05) is 39.0 Å². The molecule has 0 atom stereocenters. The van der Waals surface area contributed by atoms with E-state index in [1.54, 1.807) is 0 Å². The summed E-state index contributed by atoms with van der Waals surface area (Å²) in [6, 6.07) is 8.58. The molecular weight excluding hydrogens is 208 g/mol. The Morgan fingerprint density at radius 2 is 1.82 bits per heavy atom. The Morgan fingerprint density at radius 1 is 1.12 bits per heavy atom. The third-order valence-corrected chi connectivity index (χ3v) is 3.24. The molecule has 0 aliphatic carbocycles. The van der Waals surface area contributed by atoms with Crippen molar-refractivity contribution < 1.29 is 0 Å². The Morgan fingerprint density at radius 3 is 2.35 bits per heavy atom. The standard InChI is InChI=1S/C15H20N2/c1-11-12(14-9-10-16-17(14)5)7-6-8-13(11)15(2,3)4/h6-10H,1-5H3. The zero-order valence-corrected chi connectivity index (χ0v) is 11.3. The molecule has 0 saturated heterocycles. The van der Waals surface area contributed by atoms with Crippen molar-refractivity contribution in [1.29, 1.82) is 0 Å². The van der Waals surface area contributed by atoms with Crippen LogP contribution < -0.4 is 0 Å². The van der Waals surface area contributed by atoms with Gasteiger partial charge in [0.2, 0.25) is 0 Å². The highest BCUT2D eigenvalue weighted by molar-refractivity contribution is 5.65. The first-order chi connectivity index (χ1) is 7.91. The predicted octanol–water partition coefficient (Wildman–Crippen LogP) is 3.69. The summed E-state index contributed by atoms with van der Waals surface area (Å²) >= 11 is 0. The van der Waals surface area contributed by atoms with E-state index < -0.39 is 0 Å². The summed E-state index contributed by atoms with van der Waals surface area (Å²) in [4.78, 5) is 0. The quantitative estimate of drug-likeness (QED) is 0.728. The first kappa shape index (κ1) is 11.9. The molecule has 0 radical (unpaired) electrons. The largest absolute Gasteiger partial charge is 0.268 e. The maximum atomic E-state index is 4.24. The van der Waals surface area contributed by atoms with Gasteiger partial charge in [-0.2, -0.15) is 5.10 Å². The van der Waals surface area contributed by atoms with Crippen LogP contribution in [0.1, 0.15) is 31.9 Å². The summed E-state index contributed by atoms with van der Waals surface area (Å²) < 4.78 is 1.93. The van der Waals surface area contributed by atoms with Crippen LogP contribution in [0.15, 0.2) is 30.5 Å². The second-order valence-corrected chi connectivity index (χ2v) is 5.57. The van der Waals surface area contributed by atoms with E-state index in [-0.39, 0.29) is 5.41 Å². The average molecular weight is 228 g/mol. The van der Waals surface area contributed by atoms with Gasteiger partial charge in [0.05, 0.1) is 5.69 Å². The van der Waals surface area contributed by atoms with Crippen molar-refractivity contribution in [3.05, 3.63) is 41.6 Å². The summed E-state index contributed by atoms with van der Waals surface area (Å²) in [5.74, 6) is 0. The lowest BCUT2D eigenvalue weighted by Crippen LogP contribution is -2.13. The van der Waals surface area contributed by atoms with Gasteiger partial charge >= 0.3 is 0 Å². The van der Waals surface area contributed by atoms with Crippen LogP contribution >= 0.6 is 0 Å². The predicted molar refractivity (Wildman–Crippen MR) is 72.1 cm³/mol. The summed E-state index contributed by atoms with van der Waals surface area (Å²) in [7, 11) is 1.98. The van der Waals surface area contributed by atoms with Crippen LogP contribution in [-0.2, 0) is 12.5 Å². The van der Waals surface area contributed by atoms with Gasteiger partial charge in [-0.25, -0.2) is 0 Å². The molecule has 1 aromatic carbocycles. The maximum absolute atomic E-state index is 4.24. The van der Waals surface area contributed by atoms with E-state index in [1.165, 1.54) is 22.4 Å². The van der Waals surface area contributed by atoms with E-state index in [1.807, 2.05) is 17.9 Å². The molecule has 90 valence electrons. The van der Waals surface area contributed by atoms with Crippen molar-refractivity contribution in [3.63, 3.8) is 0 Å². The van der Waals surface area contributed by atoms with E-state index >= 15 is 0 Å². The third kappa shape index (κ3) is 2.12. The number of hydrogen-bond acceptors (Lipinski definition) is 1. The Labute approximate surface area is 103 Å². The molecular formula is C15H20N2. The van der Waals surface area contributed by atoms with Crippen molar-refractivity contribution in [2.24, 2.45) is 7.05 Å². The lowest BCUT2D eigenvalue weighted by molar-refractivity contribution is 0.586. The van der Waals surface area contributed by atoms with Crippen LogP contribution in [-0.4, -0.2) is 9.78 Å². The maximum Gasteiger partial charge on any atom is 0.0681 e. The SMILES string of the molecule is Cc1c(-c2ccnn2C)cccc1C(C)(C)C. The monoisotopic (exact) mass is 228 g/mol. The van der Waals surface area contributed by atoms with Crippen molar-refractivity contribution in [3.8, 4) is 11.3 Å². The molecule has 0 aliphatic rings. The molecule has 17 heavy (non-hydrogen) atoms. The summed E-state index contributed by atoms with van der Waals surface area (Å²) in [5.41, 5.74) is 5.38. The van der Waals surface area contributed by atoms with Crippen LogP contribution in [0.25, 0.3) is 11.3 Å². The van der Waals surface area contributed by atoms with Crippen LogP contribution in [0.2, 0.25) is 0 Å². The van der Waals surface area contributed by atoms with Crippen molar-refractivity contribution in [2.75, 3.05) is 0 Å². The first-order valence-corrected chi connectivity index (χ1v) is 6.00. The lowest BCUT2D eigenvalue weighted by Gasteiger charge is -2.23. The topological polar surface area (TPSA) is 17.8 Å². The van der Waals surface area contributed by atoms with E-state index in [0.717, 1.165) is 0 Å². The molecule has 0 aliphatic heterocycles. The van der Waals surface area contributed by atoms with Gasteiger partial charge in [-0.05, 0) is 29.5 Å². The minimum atomic E-state index is 0.179. The number of benzene rings is 1. The Hall–Kier alpha value is -1.57. The molecule has 0 fully saturated rings. The summed E-state index contributed by atoms with van der Waals surface area (Å²) in [5, 5.41) is 4.24. The van der Waals surface area contributed by atoms with Gasteiger partial charge < -0.3 is 0 Å². The fraction of sp³-hybridized carbons (Fsp3) is 0.400. The average Bonchev–Trinajstić information content (AvgIpc) is 2.63. The van der Waals surface area contributed by atoms with Crippen LogP contribution in [0, 0.1) is 6.92 Å². The number of rotatable bonds is 1. The van der Waals surface area contributed by atoms with Crippen molar-refractivity contribution >= 4 is 0 Å². The number of nitrogens with zero attached hydrogens (tertiary/aromatic N) is 2. The van der Waals surface area contributed by atoms with E-state index in [4.69, 9.17) is 0 Å². The number of aryl methyl sites for hydroxylation is 1. The van der Waals surface area contributed by atoms with Crippen molar-refractivity contribution in [1.82, 2.24) is 9.78 Å². The Balaban J connectivity index is 2.62. The second kappa shape index (κ2) is 4.02. The third-order valence-electron chi connectivity index (χ3n) is 3.24. The number of hydrogen-bond donors (Lipinski definition) is 0. The molecule has 0 bridgehead atoms. The molecule has 1 heterocycles. The van der Waals surface area contributed by atoms with E-state index in [9.17, 15) is 0 Å². The van der Waals surface area contributed by atoms with Crippen LogP contribution in [0.3, 0.4) is 0 Å². The molecule has 2 heteroatoms. The number of aromatic nitrogens is 2. The molecule has 0 N–H and O–H groups in total. The molecule has 0 unspecified atom stereocenters. The van der Waals surface area contributed by atoms with E-state index in [2.05, 4.69) is 57.1 Å². The first-order valence-electron chi connectivity index (χ1n) is 6.00. The minimum Gasteiger partial charge on any atom is -0.268 e. The van der Waals surface area contributed by atoms with Crippen molar-refractivity contribution in [2.45, 2.75) is 33.1 Å².